The lowest BCUT2D eigenvalue weighted by Crippen LogP contribution is -2.39. The van der Waals surface area contributed by atoms with Crippen LogP contribution in [0.5, 0.6) is 0 Å². The molecular weight excluding hydrogens is 190 g/mol. The van der Waals surface area contributed by atoms with Gasteiger partial charge >= 0.3 is 5.97 Å². The van der Waals surface area contributed by atoms with Gasteiger partial charge in [-0.05, 0) is 24.7 Å². The molecule has 1 unspecified atom stereocenters. The van der Waals surface area contributed by atoms with Gasteiger partial charge in [0, 0.05) is 6.54 Å². The molecule has 0 aromatic carbocycles. The Labute approximate surface area is 93.0 Å². The average molecular weight is 215 g/mol. The summed E-state index contributed by atoms with van der Waals surface area (Å²) in [5, 5.41) is 9.27. The van der Waals surface area contributed by atoms with Crippen molar-refractivity contribution in [2.45, 2.75) is 53.4 Å². The summed E-state index contributed by atoms with van der Waals surface area (Å²) in [6.07, 6.45) is 3.12. The Bertz CT molecular complexity index is 208. The molecule has 0 aliphatic carbocycles. The van der Waals surface area contributed by atoms with Crippen molar-refractivity contribution in [1.29, 1.82) is 0 Å². The van der Waals surface area contributed by atoms with Crippen molar-refractivity contribution in [3.8, 4) is 0 Å². The van der Waals surface area contributed by atoms with Crippen molar-refractivity contribution in [3.05, 3.63) is 0 Å². The van der Waals surface area contributed by atoms with Crippen LogP contribution in [0.15, 0.2) is 0 Å². The average Bonchev–Trinajstić information content (AvgIpc) is 2.10. The predicted molar refractivity (Wildman–Crippen MR) is 62.7 cm³/mol. The number of nitrogens with two attached hydrogens (primary N) is 1. The Hall–Kier alpha value is -0.570. The Kier molecular flexibility index (Phi) is 5.29. The maximum absolute atomic E-state index is 11.3. The Morgan fingerprint density at radius 2 is 1.73 bits per heavy atom. The maximum atomic E-state index is 11.3. The first-order valence-corrected chi connectivity index (χ1v) is 5.71. The molecule has 0 spiro atoms. The van der Waals surface area contributed by atoms with Gasteiger partial charge in [-0.15, -0.1) is 0 Å². The number of carbonyl (C=O) groups is 1. The fraction of sp³-hybridized carbons (Fsp3) is 0.917. The SMILES string of the molecule is CCCC(CN)(CCC(C)(C)C)C(=O)O. The highest BCUT2D eigenvalue weighted by Gasteiger charge is 2.36. The second-order valence-electron chi connectivity index (χ2n) is 5.60. The van der Waals surface area contributed by atoms with Gasteiger partial charge in [-0.1, -0.05) is 34.1 Å². The van der Waals surface area contributed by atoms with Gasteiger partial charge in [-0.3, -0.25) is 4.79 Å². The number of carboxylic acid groups (broad SMARTS) is 1. The molecule has 0 saturated carbocycles. The first-order chi connectivity index (χ1) is 6.77. The van der Waals surface area contributed by atoms with Crippen LogP contribution < -0.4 is 5.73 Å². The van der Waals surface area contributed by atoms with E-state index in [2.05, 4.69) is 20.8 Å². The minimum atomic E-state index is -0.740. The molecule has 90 valence electrons. The molecule has 3 N–H and O–H groups in total. The van der Waals surface area contributed by atoms with Gasteiger partial charge in [0.25, 0.3) is 0 Å². The zero-order valence-electron chi connectivity index (χ0n) is 10.5. The minimum absolute atomic E-state index is 0.170. The Balaban J connectivity index is 4.55. The molecule has 0 aromatic heterocycles. The van der Waals surface area contributed by atoms with Crippen LogP contribution >= 0.6 is 0 Å². The molecule has 0 heterocycles. The van der Waals surface area contributed by atoms with E-state index in [4.69, 9.17) is 5.73 Å². The van der Waals surface area contributed by atoms with Crippen LogP contribution in [0.1, 0.15) is 53.4 Å². The number of aliphatic carboxylic acids is 1. The summed E-state index contributed by atoms with van der Waals surface area (Å²) in [5.41, 5.74) is 5.11. The van der Waals surface area contributed by atoms with E-state index in [1.165, 1.54) is 0 Å². The van der Waals surface area contributed by atoms with E-state index in [-0.39, 0.29) is 12.0 Å². The minimum Gasteiger partial charge on any atom is -0.481 e. The lowest BCUT2D eigenvalue weighted by molar-refractivity contribution is -0.149. The van der Waals surface area contributed by atoms with E-state index in [0.717, 1.165) is 12.8 Å². The fourth-order valence-corrected chi connectivity index (χ4v) is 1.72. The zero-order valence-corrected chi connectivity index (χ0v) is 10.5. The van der Waals surface area contributed by atoms with E-state index >= 15 is 0 Å². The molecular formula is C12H25NO2. The van der Waals surface area contributed by atoms with Crippen LogP contribution in [0.3, 0.4) is 0 Å². The Morgan fingerprint density at radius 3 is 2.00 bits per heavy atom. The summed E-state index contributed by atoms with van der Waals surface area (Å²) < 4.78 is 0. The summed E-state index contributed by atoms with van der Waals surface area (Å²) >= 11 is 0. The highest BCUT2D eigenvalue weighted by Crippen LogP contribution is 2.34. The van der Waals surface area contributed by atoms with E-state index in [1.54, 1.807) is 0 Å². The molecule has 3 nitrogen and oxygen atoms in total. The number of hydrogen-bond acceptors (Lipinski definition) is 2. The lowest BCUT2D eigenvalue weighted by atomic mass is 9.75. The summed E-state index contributed by atoms with van der Waals surface area (Å²) in [7, 11) is 0. The van der Waals surface area contributed by atoms with Crippen LogP contribution in [0, 0.1) is 10.8 Å². The van der Waals surface area contributed by atoms with Crippen molar-refractivity contribution in [2.75, 3.05) is 6.54 Å². The molecule has 1 atom stereocenters. The zero-order chi connectivity index (χ0) is 12.1. The van der Waals surface area contributed by atoms with Gasteiger partial charge in [0.1, 0.15) is 0 Å². The predicted octanol–water partition coefficient (Wildman–Crippen LogP) is 2.64. The summed E-state index contributed by atoms with van der Waals surface area (Å²) in [5.74, 6) is -0.740. The first kappa shape index (κ1) is 14.4. The normalized spacial score (nSPS) is 16.1. The highest BCUT2D eigenvalue weighted by atomic mass is 16.4. The van der Waals surface area contributed by atoms with Crippen LogP contribution in [0.25, 0.3) is 0 Å². The molecule has 0 aromatic rings. The van der Waals surface area contributed by atoms with E-state index in [0.29, 0.717) is 12.8 Å². The number of rotatable bonds is 6. The number of carboxylic acids is 1. The van der Waals surface area contributed by atoms with Crippen molar-refractivity contribution in [2.24, 2.45) is 16.6 Å². The second-order valence-corrected chi connectivity index (χ2v) is 5.60. The molecule has 0 aliphatic heterocycles. The molecule has 0 saturated heterocycles. The molecule has 15 heavy (non-hydrogen) atoms. The van der Waals surface area contributed by atoms with Gasteiger partial charge in [-0.2, -0.15) is 0 Å². The molecule has 3 heteroatoms. The van der Waals surface area contributed by atoms with E-state index in [9.17, 15) is 9.90 Å². The van der Waals surface area contributed by atoms with Gasteiger partial charge in [0.2, 0.25) is 0 Å². The van der Waals surface area contributed by atoms with Crippen LogP contribution in [0.2, 0.25) is 0 Å². The second kappa shape index (κ2) is 5.50. The van der Waals surface area contributed by atoms with Crippen molar-refractivity contribution >= 4 is 5.97 Å². The monoisotopic (exact) mass is 215 g/mol. The topological polar surface area (TPSA) is 63.3 Å². The summed E-state index contributed by atoms with van der Waals surface area (Å²) in [6, 6.07) is 0. The van der Waals surface area contributed by atoms with E-state index < -0.39 is 11.4 Å². The number of hydrogen-bond donors (Lipinski definition) is 2. The van der Waals surface area contributed by atoms with Crippen LogP contribution in [-0.4, -0.2) is 17.6 Å². The Morgan fingerprint density at radius 1 is 1.20 bits per heavy atom. The van der Waals surface area contributed by atoms with Crippen LogP contribution in [0.4, 0.5) is 0 Å². The maximum Gasteiger partial charge on any atom is 0.310 e. The summed E-state index contributed by atoms with van der Waals surface area (Å²) in [4.78, 5) is 11.3. The molecule has 0 rings (SSSR count). The third kappa shape index (κ3) is 4.65. The van der Waals surface area contributed by atoms with Crippen LogP contribution in [-0.2, 0) is 4.79 Å². The molecule has 0 radical (unpaired) electrons. The van der Waals surface area contributed by atoms with Gasteiger partial charge in [0.05, 0.1) is 5.41 Å². The molecule has 0 amide bonds. The highest BCUT2D eigenvalue weighted by molar-refractivity contribution is 5.74. The molecule has 0 bridgehead atoms. The van der Waals surface area contributed by atoms with Gasteiger partial charge in [0.15, 0.2) is 0 Å². The standard InChI is InChI=1S/C12H25NO2/c1-5-6-12(9-13,10(14)15)8-7-11(2,3)4/h5-9,13H2,1-4H3,(H,14,15). The van der Waals surface area contributed by atoms with Crippen molar-refractivity contribution in [3.63, 3.8) is 0 Å². The largest absolute Gasteiger partial charge is 0.481 e. The van der Waals surface area contributed by atoms with E-state index in [1.807, 2.05) is 6.92 Å². The lowest BCUT2D eigenvalue weighted by Gasteiger charge is -2.30. The van der Waals surface area contributed by atoms with Gasteiger partial charge < -0.3 is 10.8 Å². The first-order valence-electron chi connectivity index (χ1n) is 5.71. The molecule has 0 aliphatic rings. The molecule has 0 fully saturated rings. The fourth-order valence-electron chi connectivity index (χ4n) is 1.72. The van der Waals surface area contributed by atoms with Crippen molar-refractivity contribution in [1.82, 2.24) is 0 Å². The summed E-state index contributed by atoms with van der Waals surface area (Å²) in [6.45, 7) is 8.63. The van der Waals surface area contributed by atoms with Crippen molar-refractivity contribution < 1.29 is 9.90 Å². The third-order valence-corrected chi connectivity index (χ3v) is 2.93. The quantitative estimate of drug-likeness (QED) is 0.716. The third-order valence-electron chi connectivity index (χ3n) is 2.93. The van der Waals surface area contributed by atoms with Gasteiger partial charge in [-0.25, -0.2) is 0 Å². The smallest absolute Gasteiger partial charge is 0.310 e.